The molecule has 0 saturated heterocycles. The van der Waals surface area contributed by atoms with Crippen LogP contribution in [0.15, 0.2) is 24.3 Å². The van der Waals surface area contributed by atoms with Crippen molar-refractivity contribution in [2.75, 3.05) is 6.61 Å². The van der Waals surface area contributed by atoms with Crippen molar-refractivity contribution in [3.05, 3.63) is 29.8 Å². The van der Waals surface area contributed by atoms with Gasteiger partial charge in [0, 0.05) is 5.56 Å². The van der Waals surface area contributed by atoms with Crippen molar-refractivity contribution >= 4 is 6.29 Å². The van der Waals surface area contributed by atoms with E-state index in [-0.39, 0.29) is 0 Å². The molecule has 1 N–H and O–H groups in total. The Morgan fingerprint density at radius 1 is 1.25 bits per heavy atom. The monoisotopic (exact) mass is 220 g/mol. The van der Waals surface area contributed by atoms with Gasteiger partial charge >= 0.3 is 0 Å². The van der Waals surface area contributed by atoms with E-state index < -0.39 is 5.60 Å². The van der Waals surface area contributed by atoms with Crippen LogP contribution in [0.4, 0.5) is 0 Å². The fourth-order valence-corrected chi connectivity index (χ4v) is 2.04. The molecule has 0 aromatic heterocycles. The van der Waals surface area contributed by atoms with Crippen LogP contribution < -0.4 is 4.74 Å². The predicted molar refractivity (Wildman–Crippen MR) is 60.7 cm³/mol. The highest BCUT2D eigenvalue weighted by atomic mass is 16.5. The zero-order valence-corrected chi connectivity index (χ0v) is 9.19. The summed E-state index contributed by atoms with van der Waals surface area (Å²) in [5.74, 6) is 0.700. The molecular weight excluding hydrogens is 204 g/mol. The molecular formula is C13H16O3. The first-order chi connectivity index (χ1) is 7.72. The quantitative estimate of drug-likeness (QED) is 0.791. The Labute approximate surface area is 95.0 Å². The molecule has 1 aliphatic carbocycles. The molecule has 1 aromatic rings. The molecule has 0 atom stereocenters. The largest absolute Gasteiger partial charge is 0.491 e. The minimum atomic E-state index is -0.649. The molecule has 1 aliphatic rings. The normalized spacial score (nSPS) is 18.3. The molecule has 0 heterocycles. The van der Waals surface area contributed by atoms with Gasteiger partial charge in [-0.3, -0.25) is 4.79 Å². The number of carbonyl (C=O) groups excluding carboxylic acids is 1. The van der Waals surface area contributed by atoms with Crippen molar-refractivity contribution < 1.29 is 14.6 Å². The van der Waals surface area contributed by atoms with Crippen molar-refractivity contribution in [3.63, 3.8) is 0 Å². The Bertz CT molecular complexity index is 350. The van der Waals surface area contributed by atoms with E-state index >= 15 is 0 Å². The summed E-state index contributed by atoms with van der Waals surface area (Å²) in [4.78, 5) is 10.5. The molecule has 0 amide bonds. The minimum Gasteiger partial charge on any atom is -0.491 e. The molecule has 0 spiro atoms. The van der Waals surface area contributed by atoms with Gasteiger partial charge in [0.2, 0.25) is 0 Å². The number of aliphatic hydroxyl groups is 1. The van der Waals surface area contributed by atoms with Gasteiger partial charge in [-0.1, -0.05) is 12.8 Å². The van der Waals surface area contributed by atoms with Crippen LogP contribution in [-0.2, 0) is 0 Å². The van der Waals surface area contributed by atoms with Gasteiger partial charge in [0.15, 0.2) is 0 Å². The average Bonchev–Trinajstić information content (AvgIpc) is 2.75. The summed E-state index contributed by atoms with van der Waals surface area (Å²) in [7, 11) is 0. The molecule has 1 fully saturated rings. The number of hydrogen-bond donors (Lipinski definition) is 1. The first-order valence-electron chi connectivity index (χ1n) is 5.62. The third-order valence-electron chi connectivity index (χ3n) is 3.06. The second kappa shape index (κ2) is 4.66. The molecule has 1 aromatic carbocycles. The van der Waals surface area contributed by atoms with Crippen LogP contribution in [0.2, 0.25) is 0 Å². The summed E-state index contributed by atoms with van der Waals surface area (Å²) < 4.78 is 5.53. The molecule has 0 unspecified atom stereocenters. The van der Waals surface area contributed by atoms with Crippen molar-refractivity contribution in [1.29, 1.82) is 0 Å². The van der Waals surface area contributed by atoms with Crippen molar-refractivity contribution in [2.24, 2.45) is 0 Å². The summed E-state index contributed by atoms with van der Waals surface area (Å²) >= 11 is 0. The van der Waals surface area contributed by atoms with Crippen LogP contribution >= 0.6 is 0 Å². The molecule has 1 saturated carbocycles. The third kappa shape index (κ3) is 2.61. The third-order valence-corrected chi connectivity index (χ3v) is 3.06. The van der Waals surface area contributed by atoms with E-state index in [0.29, 0.717) is 17.9 Å². The molecule has 86 valence electrons. The zero-order chi connectivity index (χ0) is 11.4. The summed E-state index contributed by atoms with van der Waals surface area (Å²) in [6, 6.07) is 6.92. The zero-order valence-electron chi connectivity index (χ0n) is 9.19. The van der Waals surface area contributed by atoms with E-state index in [4.69, 9.17) is 4.74 Å². The number of aldehydes is 1. The average molecular weight is 220 g/mol. The summed E-state index contributed by atoms with van der Waals surface area (Å²) in [6.07, 6.45) is 4.58. The van der Waals surface area contributed by atoms with Crippen molar-refractivity contribution in [2.45, 2.75) is 31.3 Å². The van der Waals surface area contributed by atoms with Crippen molar-refractivity contribution in [1.82, 2.24) is 0 Å². The first-order valence-corrected chi connectivity index (χ1v) is 5.62. The lowest BCUT2D eigenvalue weighted by Gasteiger charge is -2.22. The fourth-order valence-electron chi connectivity index (χ4n) is 2.04. The summed E-state index contributed by atoms with van der Waals surface area (Å²) in [6.45, 7) is 0.341. The Morgan fingerprint density at radius 2 is 1.88 bits per heavy atom. The number of ether oxygens (including phenoxy) is 1. The molecule has 3 nitrogen and oxygen atoms in total. The number of hydrogen-bond acceptors (Lipinski definition) is 3. The van der Waals surface area contributed by atoms with Gasteiger partial charge in [-0.15, -0.1) is 0 Å². The van der Waals surface area contributed by atoms with Gasteiger partial charge in [0.25, 0.3) is 0 Å². The summed E-state index contributed by atoms with van der Waals surface area (Å²) in [5.41, 5.74) is -0.0181. The molecule has 0 radical (unpaired) electrons. The van der Waals surface area contributed by atoms with E-state index in [9.17, 15) is 9.90 Å². The van der Waals surface area contributed by atoms with E-state index in [1.165, 1.54) is 0 Å². The van der Waals surface area contributed by atoms with Crippen LogP contribution in [-0.4, -0.2) is 23.6 Å². The lowest BCUT2D eigenvalue weighted by molar-refractivity contribution is 0.00140. The van der Waals surface area contributed by atoms with Gasteiger partial charge in [-0.2, -0.15) is 0 Å². The Hall–Kier alpha value is -1.35. The topological polar surface area (TPSA) is 46.5 Å². The standard InChI is InChI=1S/C13H16O3/c14-9-11-3-5-12(6-4-11)16-10-13(15)7-1-2-8-13/h3-6,9,15H,1-2,7-8,10H2. The van der Waals surface area contributed by atoms with Gasteiger partial charge < -0.3 is 9.84 Å². The molecule has 0 bridgehead atoms. The Morgan fingerprint density at radius 3 is 2.44 bits per heavy atom. The lowest BCUT2D eigenvalue weighted by Crippen LogP contribution is -2.32. The maximum Gasteiger partial charge on any atom is 0.150 e. The van der Waals surface area contributed by atoms with Crippen LogP contribution in [0.3, 0.4) is 0 Å². The molecule has 0 aliphatic heterocycles. The SMILES string of the molecule is O=Cc1ccc(OCC2(O)CCCC2)cc1. The second-order valence-corrected chi connectivity index (χ2v) is 4.41. The fraction of sp³-hybridized carbons (Fsp3) is 0.462. The maximum atomic E-state index is 10.5. The second-order valence-electron chi connectivity index (χ2n) is 4.41. The van der Waals surface area contributed by atoms with Crippen LogP contribution in [0.1, 0.15) is 36.0 Å². The highest BCUT2D eigenvalue weighted by molar-refractivity contribution is 5.74. The minimum absolute atomic E-state index is 0.341. The van der Waals surface area contributed by atoms with E-state index in [1.54, 1.807) is 24.3 Å². The van der Waals surface area contributed by atoms with E-state index in [2.05, 4.69) is 0 Å². The maximum absolute atomic E-state index is 10.5. The smallest absolute Gasteiger partial charge is 0.150 e. The Kier molecular flexibility index (Phi) is 3.25. The van der Waals surface area contributed by atoms with Crippen molar-refractivity contribution in [3.8, 4) is 5.75 Å². The highest BCUT2D eigenvalue weighted by Crippen LogP contribution is 2.30. The van der Waals surface area contributed by atoms with Gasteiger partial charge in [0.05, 0.1) is 5.60 Å². The number of carbonyl (C=O) groups is 1. The van der Waals surface area contributed by atoms with Crippen LogP contribution in [0, 0.1) is 0 Å². The number of benzene rings is 1. The first kappa shape index (κ1) is 11.1. The Balaban J connectivity index is 1.91. The van der Waals surface area contributed by atoms with Gasteiger partial charge in [0.1, 0.15) is 18.6 Å². The highest BCUT2D eigenvalue weighted by Gasteiger charge is 2.31. The molecule has 16 heavy (non-hydrogen) atoms. The van der Waals surface area contributed by atoms with Gasteiger partial charge in [-0.25, -0.2) is 0 Å². The van der Waals surface area contributed by atoms with Crippen LogP contribution in [0.25, 0.3) is 0 Å². The van der Waals surface area contributed by atoms with Gasteiger partial charge in [-0.05, 0) is 37.1 Å². The molecule has 2 rings (SSSR count). The van der Waals surface area contributed by atoms with E-state index in [1.807, 2.05) is 0 Å². The lowest BCUT2D eigenvalue weighted by atomic mass is 10.0. The molecule has 3 heteroatoms. The summed E-state index contributed by atoms with van der Waals surface area (Å²) in [5, 5.41) is 10.1. The predicted octanol–water partition coefficient (Wildman–Crippen LogP) is 2.18. The van der Waals surface area contributed by atoms with E-state index in [0.717, 1.165) is 32.0 Å². The number of rotatable bonds is 4. The van der Waals surface area contributed by atoms with Crippen LogP contribution in [0.5, 0.6) is 5.75 Å².